The van der Waals surface area contributed by atoms with Crippen molar-refractivity contribution in [3.63, 3.8) is 0 Å². The van der Waals surface area contributed by atoms with Crippen LogP contribution in [0, 0.1) is 0 Å². The number of hydrogen-bond acceptors (Lipinski definition) is 2. The minimum Gasteiger partial charge on any atom is -0.379 e. The summed E-state index contributed by atoms with van der Waals surface area (Å²) in [6, 6.07) is 9.50. The Morgan fingerprint density at radius 1 is 1.10 bits per heavy atom. The molecule has 0 N–H and O–H groups in total. The average Bonchev–Trinajstić information content (AvgIpc) is 2.45. The second-order valence-corrected chi connectivity index (χ2v) is 15.9. The van der Waals surface area contributed by atoms with Crippen LogP contribution in [0.2, 0.25) is 32.7 Å². The van der Waals surface area contributed by atoms with Gasteiger partial charge in [0.2, 0.25) is 0 Å². The van der Waals surface area contributed by atoms with E-state index in [1.54, 1.807) is 5.19 Å². The SMILES string of the molecule is C[SiH](C)C(Cc1ccc([Si](C)(C)C)cc1)N1CCOCC1. The molecule has 21 heavy (non-hydrogen) atoms. The van der Waals surface area contributed by atoms with Crippen LogP contribution in [0.5, 0.6) is 0 Å². The van der Waals surface area contributed by atoms with Crippen LogP contribution in [0.4, 0.5) is 0 Å². The minimum absolute atomic E-state index is 0.695. The van der Waals surface area contributed by atoms with Crippen molar-refractivity contribution in [1.82, 2.24) is 4.90 Å². The molecular formula is C17H31NOSi2. The predicted molar refractivity (Wildman–Crippen MR) is 98.2 cm³/mol. The lowest BCUT2D eigenvalue weighted by atomic mass is 10.1. The Morgan fingerprint density at radius 3 is 2.14 bits per heavy atom. The fourth-order valence-corrected chi connectivity index (χ4v) is 6.13. The fraction of sp³-hybridized carbons (Fsp3) is 0.647. The van der Waals surface area contributed by atoms with Gasteiger partial charge >= 0.3 is 0 Å². The first kappa shape index (κ1) is 16.9. The molecule has 2 rings (SSSR count). The maximum atomic E-state index is 5.51. The summed E-state index contributed by atoms with van der Waals surface area (Å²) in [5.41, 5.74) is 2.28. The Labute approximate surface area is 133 Å². The molecule has 1 heterocycles. The van der Waals surface area contributed by atoms with Gasteiger partial charge in [0.15, 0.2) is 0 Å². The molecule has 2 nitrogen and oxygen atoms in total. The highest BCUT2D eigenvalue weighted by Crippen LogP contribution is 2.14. The number of rotatable bonds is 5. The second kappa shape index (κ2) is 7.22. The first-order valence-electron chi connectivity index (χ1n) is 8.29. The van der Waals surface area contributed by atoms with Gasteiger partial charge in [-0.1, -0.05) is 62.2 Å². The van der Waals surface area contributed by atoms with Crippen LogP contribution in [0.1, 0.15) is 5.56 Å². The molecule has 1 atom stereocenters. The van der Waals surface area contributed by atoms with Crippen LogP contribution >= 0.6 is 0 Å². The van der Waals surface area contributed by atoms with E-state index in [0.29, 0.717) is 0 Å². The summed E-state index contributed by atoms with van der Waals surface area (Å²) < 4.78 is 5.51. The van der Waals surface area contributed by atoms with Gasteiger partial charge in [0.1, 0.15) is 0 Å². The van der Waals surface area contributed by atoms with Gasteiger partial charge in [-0.05, 0) is 12.0 Å². The molecular weight excluding hydrogens is 290 g/mol. The van der Waals surface area contributed by atoms with E-state index in [9.17, 15) is 0 Å². The van der Waals surface area contributed by atoms with E-state index in [2.05, 4.69) is 61.9 Å². The van der Waals surface area contributed by atoms with Gasteiger partial charge in [-0.3, -0.25) is 4.90 Å². The van der Waals surface area contributed by atoms with E-state index in [4.69, 9.17) is 4.74 Å². The van der Waals surface area contributed by atoms with Gasteiger partial charge in [0.25, 0.3) is 0 Å². The molecule has 0 amide bonds. The minimum atomic E-state index is -1.17. The molecule has 1 aliphatic heterocycles. The van der Waals surface area contributed by atoms with Crippen LogP contribution in [0.25, 0.3) is 0 Å². The highest BCUT2D eigenvalue weighted by molar-refractivity contribution is 6.88. The molecule has 1 unspecified atom stereocenters. The van der Waals surface area contributed by atoms with Crippen molar-refractivity contribution in [3.8, 4) is 0 Å². The maximum absolute atomic E-state index is 5.51. The van der Waals surface area contributed by atoms with Crippen molar-refractivity contribution in [2.45, 2.75) is 44.8 Å². The Bertz CT molecular complexity index is 433. The molecule has 1 aliphatic rings. The van der Waals surface area contributed by atoms with Crippen LogP contribution in [-0.4, -0.2) is 53.7 Å². The molecule has 0 saturated carbocycles. The third-order valence-electron chi connectivity index (χ3n) is 4.55. The summed E-state index contributed by atoms with van der Waals surface area (Å²) in [6.07, 6.45) is 1.22. The van der Waals surface area contributed by atoms with E-state index in [-0.39, 0.29) is 0 Å². The normalized spacial score (nSPS) is 19.0. The third-order valence-corrected chi connectivity index (χ3v) is 8.81. The molecule has 0 aromatic heterocycles. The van der Waals surface area contributed by atoms with Crippen molar-refractivity contribution < 1.29 is 4.74 Å². The molecule has 0 radical (unpaired) electrons. The van der Waals surface area contributed by atoms with Crippen molar-refractivity contribution in [1.29, 1.82) is 0 Å². The summed E-state index contributed by atoms with van der Waals surface area (Å²) in [4.78, 5) is 2.67. The van der Waals surface area contributed by atoms with Gasteiger partial charge in [-0.2, -0.15) is 0 Å². The van der Waals surface area contributed by atoms with Crippen molar-refractivity contribution >= 4 is 22.1 Å². The van der Waals surface area contributed by atoms with Crippen molar-refractivity contribution in [2.75, 3.05) is 26.3 Å². The smallest absolute Gasteiger partial charge is 0.0775 e. The van der Waals surface area contributed by atoms with E-state index in [1.165, 1.54) is 12.0 Å². The molecule has 0 bridgehead atoms. The zero-order valence-electron chi connectivity index (χ0n) is 14.4. The number of benzene rings is 1. The summed E-state index contributed by atoms with van der Waals surface area (Å²) in [7, 11) is -1.86. The molecule has 1 aromatic rings. The van der Waals surface area contributed by atoms with E-state index >= 15 is 0 Å². The zero-order chi connectivity index (χ0) is 15.5. The zero-order valence-corrected chi connectivity index (χ0v) is 16.5. The maximum Gasteiger partial charge on any atom is 0.0775 e. The molecule has 118 valence electrons. The quantitative estimate of drug-likeness (QED) is 0.773. The molecule has 1 aromatic carbocycles. The Kier molecular flexibility index (Phi) is 5.83. The lowest BCUT2D eigenvalue weighted by molar-refractivity contribution is 0.0302. The Hall–Kier alpha value is -0.426. The first-order chi connectivity index (χ1) is 9.88. The van der Waals surface area contributed by atoms with E-state index in [0.717, 1.165) is 32.0 Å². The fourth-order valence-electron chi connectivity index (χ4n) is 3.08. The molecule has 0 aliphatic carbocycles. The third kappa shape index (κ3) is 4.78. The van der Waals surface area contributed by atoms with Crippen LogP contribution < -0.4 is 5.19 Å². The Balaban J connectivity index is 2.06. The van der Waals surface area contributed by atoms with E-state index in [1.807, 2.05) is 0 Å². The van der Waals surface area contributed by atoms with Crippen LogP contribution in [-0.2, 0) is 11.2 Å². The van der Waals surface area contributed by atoms with Gasteiger partial charge in [0.05, 0.1) is 30.1 Å². The van der Waals surface area contributed by atoms with Crippen LogP contribution in [0.15, 0.2) is 24.3 Å². The predicted octanol–water partition coefficient (Wildman–Crippen LogP) is 2.50. The highest BCUT2D eigenvalue weighted by atomic mass is 28.3. The van der Waals surface area contributed by atoms with Gasteiger partial charge < -0.3 is 4.74 Å². The standard InChI is InChI=1S/C17H31NOSi2/c1-20(2)17(18-10-12-19-13-11-18)14-15-6-8-16(9-7-15)21(3,4)5/h6-9,17,20H,10-14H2,1-5H3. The number of morpholine rings is 1. The first-order valence-corrected chi connectivity index (χ1v) is 14.8. The largest absolute Gasteiger partial charge is 0.379 e. The monoisotopic (exact) mass is 321 g/mol. The van der Waals surface area contributed by atoms with Gasteiger partial charge in [0, 0.05) is 18.8 Å². The van der Waals surface area contributed by atoms with Crippen LogP contribution in [0.3, 0.4) is 0 Å². The van der Waals surface area contributed by atoms with Gasteiger partial charge in [-0.15, -0.1) is 0 Å². The summed E-state index contributed by atoms with van der Waals surface area (Å²) >= 11 is 0. The second-order valence-electron chi connectivity index (χ2n) is 7.61. The van der Waals surface area contributed by atoms with Crippen molar-refractivity contribution in [3.05, 3.63) is 29.8 Å². The van der Waals surface area contributed by atoms with Crippen molar-refractivity contribution in [2.24, 2.45) is 0 Å². The summed E-state index contributed by atoms with van der Waals surface area (Å²) in [5.74, 6) is 0. The highest BCUT2D eigenvalue weighted by Gasteiger charge is 2.24. The van der Waals surface area contributed by atoms with E-state index < -0.39 is 16.9 Å². The molecule has 1 saturated heterocycles. The topological polar surface area (TPSA) is 12.5 Å². The lowest BCUT2D eigenvalue weighted by Crippen LogP contribution is -2.50. The molecule has 0 spiro atoms. The summed E-state index contributed by atoms with van der Waals surface area (Å²) in [6.45, 7) is 16.3. The number of hydrogen-bond donors (Lipinski definition) is 0. The molecule has 4 heteroatoms. The Morgan fingerprint density at radius 2 is 1.67 bits per heavy atom. The lowest BCUT2D eigenvalue weighted by Gasteiger charge is -2.36. The molecule has 1 fully saturated rings. The average molecular weight is 322 g/mol. The van der Waals surface area contributed by atoms with Gasteiger partial charge in [-0.25, -0.2) is 0 Å². The summed E-state index contributed by atoms with van der Waals surface area (Å²) in [5, 5.41) is 1.57. The number of ether oxygens (including phenoxy) is 1. The number of nitrogens with zero attached hydrogens (tertiary/aromatic N) is 1.